The topological polar surface area (TPSA) is 117 Å². The highest BCUT2D eigenvalue weighted by Crippen LogP contribution is 2.35. The van der Waals surface area contributed by atoms with Crippen LogP contribution in [-0.2, 0) is 6.54 Å². The standard InChI is InChI=1S/C29H30ClN11/c1-17-8-25(35-26-9-18(2)37-38-26)36-29(34-17)21-5-7-27(32-12-21)39-15-22-10-23(16-39)40(22)14-20-4-6-28(31-11-20)41-19(3)24(30)13-33-41/h4-9,11-13,22-23H,10,14-16H2,1-3H3,(H2,34,35,36,37,38). The van der Waals surface area contributed by atoms with E-state index in [1.54, 1.807) is 10.9 Å². The van der Waals surface area contributed by atoms with E-state index in [-0.39, 0.29) is 0 Å². The summed E-state index contributed by atoms with van der Waals surface area (Å²) in [5.74, 6) is 3.82. The fraction of sp³-hybridized carbons (Fsp3) is 0.310. The van der Waals surface area contributed by atoms with E-state index in [0.717, 1.165) is 59.7 Å². The van der Waals surface area contributed by atoms with Crippen LogP contribution in [0.3, 0.4) is 0 Å². The summed E-state index contributed by atoms with van der Waals surface area (Å²) < 4.78 is 1.77. The fourth-order valence-electron chi connectivity index (χ4n) is 5.68. The number of aromatic nitrogens is 8. The molecule has 3 aliphatic rings. The minimum atomic E-state index is 0.501. The first kappa shape index (κ1) is 25.6. The molecule has 12 heteroatoms. The average Bonchev–Trinajstić information content (AvgIpc) is 3.55. The Balaban J connectivity index is 0.991. The highest BCUT2D eigenvalue weighted by molar-refractivity contribution is 6.31. The largest absolute Gasteiger partial charge is 0.353 e. The van der Waals surface area contributed by atoms with Gasteiger partial charge in [-0.05, 0) is 51.0 Å². The lowest BCUT2D eigenvalue weighted by Gasteiger charge is -2.56. The van der Waals surface area contributed by atoms with Crippen molar-refractivity contribution in [1.29, 1.82) is 0 Å². The number of rotatable bonds is 7. The van der Waals surface area contributed by atoms with Crippen molar-refractivity contribution in [3.63, 3.8) is 0 Å². The number of aromatic amines is 1. The maximum atomic E-state index is 6.15. The Labute approximate surface area is 242 Å². The van der Waals surface area contributed by atoms with E-state index in [2.05, 4.69) is 58.6 Å². The van der Waals surface area contributed by atoms with Gasteiger partial charge in [0.15, 0.2) is 17.5 Å². The van der Waals surface area contributed by atoms with Crippen LogP contribution in [-0.4, -0.2) is 70.0 Å². The SMILES string of the molecule is Cc1cc(Nc2cc(C)[nH]n2)nc(-c2ccc(N3CC4CC(C3)N4Cc3ccc(-n4ncc(Cl)c4C)nc3)nc2)n1. The highest BCUT2D eigenvalue weighted by atomic mass is 35.5. The summed E-state index contributed by atoms with van der Waals surface area (Å²) in [5, 5.41) is 15.4. The lowest BCUT2D eigenvalue weighted by molar-refractivity contribution is -0.00875. The van der Waals surface area contributed by atoms with E-state index in [0.29, 0.717) is 28.7 Å². The Kier molecular flexibility index (Phi) is 6.40. The first-order valence-corrected chi connectivity index (χ1v) is 14.0. The molecule has 3 saturated heterocycles. The Hall–Kier alpha value is -4.35. The van der Waals surface area contributed by atoms with E-state index in [1.807, 2.05) is 51.4 Å². The lowest BCUT2D eigenvalue weighted by Crippen LogP contribution is -2.68. The van der Waals surface area contributed by atoms with Gasteiger partial charge in [0.25, 0.3) is 0 Å². The van der Waals surface area contributed by atoms with Crippen LogP contribution in [0.5, 0.6) is 0 Å². The number of halogens is 1. The molecule has 5 aromatic heterocycles. The number of fused-ring (bicyclic) bond motifs is 2. The number of nitrogens with zero attached hydrogens (tertiary/aromatic N) is 9. The smallest absolute Gasteiger partial charge is 0.163 e. The van der Waals surface area contributed by atoms with Crippen LogP contribution in [0, 0.1) is 20.8 Å². The Morgan fingerprint density at radius 2 is 1.73 bits per heavy atom. The van der Waals surface area contributed by atoms with E-state index in [9.17, 15) is 0 Å². The molecular formula is C29H30ClN11. The Morgan fingerprint density at radius 3 is 2.39 bits per heavy atom. The number of nitrogens with one attached hydrogen (secondary N) is 2. The molecule has 0 amide bonds. The third-order valence-corrected chi connectivity index (χ3v) is 8.20. The summed E-state index contributed by atoms with van der Waals surface area (Å²) in [6.07, 6.45) is 6.68. The second-order valence-corrected chi connectivity index (χ2v) is 11.2. The van der Waals surface area contributed by atoms with Crippen molar-refractivity contribution in [3.8, 4) is 17.2 Å². The second-order valence-electron chi connectivity index (χ2n) is 10.8. The third kappa shape index (κ3) is 5.02. The molecule has 8 rings (SSSR count). The van der Waals surface area contributed by atoms with Gasteiger partial charge >= 0.3 is 0 Å². The minimum Gasteiger partial charge on any atom is -0.353 e. The van der Waals surface area contributed by atoms with Crippen molar-refractivity contribution in [2.75, 3.05) is 23.3 Å². The molecule has 8 heterocycles. The molecule has 41 heavy (non-hydrogen) atoms. The summed E-state index contributed by atoms with van der Waals surface area (Å²) in [4.78, 5) is 23.7. The maximum absolute atomic E-state index is 6.15. The number of hydrogen-bond donors (Lipinski definition) is 2. The van der Waals surface area contributed by atoms with Gasteiger partial charge in [-0.1, -0.05) is 17.7 Å². The summed E-state index contributed by atoms with van der Waals surface area (Å²) in [5.41, 5.74) is 4.82. The molecule has 0 aromatic carbocycles. The number of anilines is 3. The van der Waals surface area contributed by atoms with E-state index < -0.39 is 0 Å². The van der Waals surface area contributed by atoms with Crippen LogP contribution in [0.1, 0.15) is 29.1 Å². The molecule has 2 N–H and O–H groups in total. The predicted octanol–water partition coefficient (Wildman–Crippen LogP) is 4.63. The molecular weight excluding hydrogens is 538 g/mol. The van der Waals surface area contributed by atoms with Crippen molar-refractivity contribution in [1.82, 2.24) is 44.8 Å². The summed E-state index contributed by atoms with van der Waals surface area (Å²) in [6.45, 7) is 8.66. The number of piperidine rings is 1. The molecule has 3 aliphatic heterocycles. The zero-order chi connectivity index (χ0) is 28.1. The van der Waals surface area contributed by atoms with Gasteiger partial charge < -0.3 is 10.2 Å². The average molecular weight is 568 g/mol. The molecule has 0 radical (unpaired) electrons. The monoisotopic (exact) mass is 567 g/mol. The first-order chi connectivity index (χ1) is 19.9. The van der Waals surface area contributed by atoms with Crippen LogP contribution < -0.4 is 10.2 Å². The van der Waals surface area contributed by atoms with Crippen LogP contribution in [0.15, 0.2) is 55.0 Å². The molecule has 0 saturated carbocycles. The zero-order valence-corrected chi connectivity index (χ0v) is 23.8. The van der Waals surface area contributed by atoms with Gasteiger partial charge in [-0.3, -0.25) is 10.00 Å². The second kappa shape index (κ2) is 10.2. The van der Waals surface area contributed by atoms with Crippen molar-refractivity contribution in [2.24, 2.45) is 0 Å². The third-order valence-electron chi connectivity index (χ3n) is 7.83. The minimum absolute atomic E-state index is 0.501. The molecule has 11 nitrogen and oxygen atoms in total. The van der Waals surface area contributed by atoms with Crippen molar-refractivity contribution in [2.45, 2.75) is 45.8 Å². The number of hydrogen-bond acceptors (Lipinski definition) is 9. The number of aryl methyl sites for hydroxylation is 2. The van der Waals surface area contributed by atoms with Gasteiger partial charge in [0, 0.05) is 73.2 Å². The van der Waals surface area contributed by atoms with Gasteiger partial charge in [0.05, 0.1) is 16.9 Å². The molecule has 0 aliphatic carbocycles. The molecule has 2 bridgehead atoms. The Bertz CT molecular complexity index is 1680. The lowest BCUT2D eigenvalue weighted by atomic mass is 9.87. The summed E-state index contributed by atoms with van der Waals surface area (Å²) >= 11 is 6.15. The van der Waals surface area contributed by atoms with Gasteiger partial charge in [-0.15, -0.1) is 0 Å². The van der Waals surface area contributed by atoms with Crippen molar-refractivity contribution < 1.29 is 0 Å². The van der Waals surface area contributed by atoms with Crippen LogP contribution in [0.4, 0.5) is 17.5 Å². The van der Waals surface area contributed by atoms with Gasteiger partial charge in [0.2, 0.25) is 0 Å². The van der Waals surface area contributed by atoms with Crippen LogP contribution in [0.2, 0.25) is 5.02 Å². The first-order valence-electron chi connectivity index (χ1n) is 13.7. The number of H-pyrrole nitrogens is 1. The van der Waals surface area contributed by atoms with Gasteiger partial charge in [0.1, 0.15) is 11.6 Å². The van der Waals surface area contributed by atoms with E-state index in [4.69, 9.17) is 21.6 Å². The molecule has 208 valence electrons. The van der Waals surface area contributed by atoms with E-state index >= 15 is 0 Å². The predicted molar refractivity (Wildman–Crippen MR) is 158 cm³/mol. The van der Waals surface area contributed by atoms with E-state index in [1.165, 1.54) is 12.0 Å². The number of piperazine rings is 1. The van der Waals surface area contributed by atoms with Crippen molar-refractivity contribution in [3.05, 3.63) is 82.7 Å². The zero-order valence-electron chi connectivity index (χ0n) is 23.1. The molecule has 0 spiro atoms. The van der Waals surface area contributed by atoms with Gasteiger partial charge in [-0.2, -0.15) is 10.2 Å². The molecule has 2 atom stereocenters. The number of pyridine rings is 2. The molecule has 2 unspecified atom stereocenters. The van der Waals surface area contributed by atoms with Crippen molar-refractivity contribution >= 4 is 29.1 Å². The molecule has 3 fully saturated rings. The normalized spacial score (nSPS) is 18.4. The quantitative estimate of drug-likeness (QED) is 0.290. The van der Waals surface area contributed by atoms with Crippen LogP contribution >= 0.6 is 11.6 Å². The highest BCUT2D eigenvalue weighted by Gasteiger charge is 2.44. The summed E-state index contributed by atoms with van der Waals surface area (Å²) in [6, 6.07) is 13.1. The summed E-state index contributed by atoms with van der Waals surface area (Å²) in [7, 11) is 0. The molecule has 5 aromatic rings. The Morgan fingerprint density at radius 1 is 0.927 bits per heavy atom. The maximum Gasteiger partial charge on any atom is 0.163 e. The van der Waals surface area contributed by atoms with Gasteiger partial charge in [-0.25, -0.2) is 24.6 Å². The fourth-order valence-corrected chi connectivity index (χ4v) is 5.80. The van der Waals surface area contributed by atoms with Crippen LogP contribution in [0.25, 0.3) is 17.2 Å².